The smallest absolute Gasteiger partial charge is 0.257 e. The van der Waals surface area contributed by atoms with E-state index in [1.54, 1.807) is 12.4 Å². The number of likely N-dealkylation sites (N-methyl/N-ethyl adjacent to an activating group) is 1. The molecule has 6 heteroatoms. The van der Waals surface area contributed by atoms with Crippen molar-refractivity contribution in [2.75, 3.05) is 44.2 Å². The number of nitrogens with zero attached hydrogens (tertiary/aromatic N) is 5. The molecular formula is C20H25N5O. The topological polar surface area (TPSA) is 52.6 Å². The number of hydrogen-bond donors (Lipinski definition) is 0. The Hall–Kier alpha value is -2.47. The fourth-order valence-corrected chi connectivity index (χ4v) is 3.76. The van der Waals surface area contributed by atoms with Crippen LogP contribution in [0.15, 0.2) is 36.7 Å². The molecule has 2 aromatic rings. The van der Waals surface area contributed by atoms with Gasteiger partial charge in [0.25, 0.3) is 5.91 Å². The Bertz CT molecular complexity index is 768. The average Bonchev–Trinajstić information content (AvgIpc) is 2.73. The number of aromatic nitrogens is 2. The van der Waals surface area contributed by atoms with Crippen LogP contribution in [0.3, 0.4) is 0 Å². The number of carbonyl (C=O) groups excluding carboxylic acids is 1. The molecule has 0 radical (unpaired) electrons. The predicted molar refractivity (Wildman–Crippen MR) is 102 cm³/mol. The van der Waals surface area contributed by atoms with Crippen molar-refractivity contribution in [2.45, 2.75) is 19.8 Å². The summed E-state index contributed by atoms with van der Waals surface area (Å²) in [6, 6.07) is 8.40. The largest absolute Gasteiger partial charge is 0.336 e. The number of hydrogen-bond acceptors (Lipinski definition) is 5. The lowest BCUT2D eigenvalue weighted by Crippen LogP contribution is -2.48. The summed E-state index contributed by atoms with van der Waals surface area (Å²) in [5.41, 5.74) is 3.08. The fourth-order valence-electron chi connectivity index (χ4n) is 3.76. The number of rotatable bonds is 3. The van der Waals surface area contributed by atoms with Gasteiger partial charge in [-0.25, -0.2) is 9.97 Å². The van der Waals surface area contributed by atoms with Crippen LogP contribution in [0.5, 0.6) is 0 Å². The van der Waals surface area contributed by atoms with Crippen molar-refractivity contribution in [3.63, 3.8) is 0 Å². The molecule has 2 aliphatic rings. The minimum atomic E-state index is 0.0337. The summed E-state index contributed by atoms with van der Waals surface area (Å²) in [7, 11) is 0. The first-order valence-corrected chi connectivity index (χ1v) is 9.45. The number of aryl methyl sites for hydroxylation is 1. The minimum absolute atomic E-state index is 0.0337. The molecule has 136 valence electrons. The third-order valence-corrected chi connectivity index (χ3v) is 5.34. The van der Waals surface area contributed by atoms with Crippen molar-refractivity contribution in [2.24, 2.45) is 0 Å². The van der Waals surface area contributed by atoms with E-state index < -0.39 is 0 Å². The van der Waals surface area contributed by atoms with Gasteiger partial charge in [-0.05, 0) is 31.0 Å². The zero-order valence-corrected chi connectivity index (χ0v) is 15.3. The maximum atomic E-state index is 12.7. The molecule has 1 fully saturated rings. The second-order valence-corrected chi connectivity index (χ2v) is 6.88. The van der Waals surface area contributed by atoms with Crippen LogP contribution >= 0.6 is 0 Å². The summed E-state index contributed by atoms with van der Waals surface area (Å²) >= 11 is 0. The van der Waals surface area contributed by atoms with E-state index in [2.05, 4.69) is 44.9 Å². The molecule has 0 aliphatic carbocycles. The van der Waals surface area contributed by atoms with Crippen LogP contribution < -0.4 is 4.90 Å². The summed E-state index contributed by atoms with van der Waals surface area (Å²) in [6.45, 7) is 7.52. The summed E-state index contributed by atoms with van der Waals surface area (Å²) in [6.07, 6.45) is 5.53. The lowest BCUT2D eigenvalue weighted by atomic mass is 10.0. The van der Waals surface area contributed by atoms with E-state index in [0.717, 1.165) is 52.1 Å². The number of carbonyl (C=O) groups is 1. The summed E-state index contributed by atoms with van der Waals surface area (Å²) < 4.78 is 0. The molecule has 1 aromatic heterocycles. The molecule has 0 atom stereocenters. The summed E-state index contributed by atoms with van der Waals surface area (Å²) in [4.78, 5) is 28.1. The Morgan fingerprint density at radius 1 is 1.04 bits per heavy atom. The van der Waals surface area contributed by atoms with E-state index in [-0.39, 0.29) is 5.91 Å². The van der Waals surface area contributed by atoms with E-state index in [4.69, 9.17) is 0 Å². The van der Waals surface area contributed by atoms with Gasteiger partial charge in [-0.15, -0.1) is 0 Å². The van der Waals surface area contributed by atoms with Gasteiger partial charge in [0.05, 0.1) is 5.56 Å². The van der Waals surface area contributed by atoms with Crippen LogP contribution in [-0.4, -0.2) is 64.9 Å². The number of benzene rings is 1. The van der Waals surface area contributed by atoms with Crippen molar-refractivity contribution in [1.82, 2.24) is 19.8 Å². The normalized spacial score (nSPS) is 17.9. The first kappa shape index (κ1) is 17.0. The first-order valence-electron chi connectivity index (χ1n) is 9.45. The highest BCUT2D eigenvalue weighted by Crippen LogP contribution is 2.31. The maximum Gasteiger partial charge on any atom is 0.257 e. The van der Waals surface area contributed by atoms with Crippen LogP contribution in [0.2, 0.25) is 0 Å². The zero-order valence-electron chi connectivity index (χ0n) is 15.3. The summed E-state index contributed by atoms with van der Waals surface area (Å²) in [5, 5.41) is 0. The molecule has 2 aliphatic heterocycles. The zero-order chi connectivity index (χ0) is 17.9. The van der Waals surface area contributed by atoms with Crippen molar-refractivity contribution in [3.8, 4) is 0 Å². The summed E-state index contributed by atoms with van der Waals surface area (Å²) in [5.74, 6) is 0.704. The quantitative estimate of drug-likeness (QED) is 0.850. The van der Waals surface area contributed by atoms with E-state index in [1.807, 2.05) is 11.0 Å². The van der Waals surface area contributed by atoms with Crippen molar-refractivity contribution >= 4 is 17.5 Å². The number of anilines is 2. The number of fused-ring (bicyclic) bond motifs is 1. The number of piperazine rings is 1. The van der Waals surface area contributed by atoms with Crippen LogP contribution in [0.1, 0.15) is 29.3 Å². The Morgan fingerprint density at radius 3 is 2.50 bits per heavy atom. The third kappa shape index (κ3) is 3.29. The second kappa shape index (κ2) is 7.41. The van der Waals surface area contributed by atoms with E-state index >= 15 is 0 Å². The molecule has 0 unspecified atom stereocenters. The SMILES string of the molecule is CCN1CCN(C(=O)c2cnc(N3CCCc4ccccc43)nc2)CC1. The van der Waals surface area contributed by atoms with Gasteiger partial charge in [0.15, 0.2) is 0 Å². The van der Waals surface area contributed by atoms with Crippen molar-refractivity contribution in [3.05, 3.63) is 47.8 Å². The van der Waals surface area contributed by atoms with Crippen LogP contribution in [-0.2, 0) is 6.42 Å². The minimum Gasteiger partial charge on any atom is -0.336 e. The molecule has 0 N–H and O–H groups in total. The number of amides is 1. The lowest BCUT2D eigenvalue weighted by Gasteiger charge is -2.34. The molecule has 0 spiro atoms. The Morgan fingerprint density at radius 2 is 1.77 bits per heavy atom. The average molecular weight is 351 g/mol. The molecular weight excluding hydrogens is 326 g/mol. The highest BCUT2D eigenvalue weighted by atomic mass is 16.2. The molecule has 6 nitrogen and oxygen atoms in total. The predicted octanol–water partition coefficient (Wildman–Crippen LogP) is 2.34. The van der Waals surface area contributed by atoms with Crippen LogP contribution in [0.4, 0.5) is 11.6 Å². The van der Waals surface area contributed by atoms with E-state index in [1.165, 1.54) is 11.3 Å². The molecule has 1 amide bonds. The Labute approximate surface area is 154 Å². The lowest BCUT2D eigenvalue weighted by molar-refractivity contribution is 0.0642. The molecule has 26 heavy (non-hydrogen) atoms. The van der Waals surface area contributed by atoms with Gasteiger partial charge < -0.3 is 14.7 Å². The molecule has 0 bridgehead atoms. The van der Waals surface area contributed by atoms with Gasteiger partial charge >= 0.3 is 0 Å². The molecule has 0 saturated carbocycles. The maximum absolute atomic E-state index is 12.7. The van der Waals surface area contributed by atoms with Crippen LogP contribution in [0.25, 0.3) is 0 Å². The number of para-hydroxylation sites is 1. The van der Waals surface area contributed by atoms with Gasteiger partial charge in [0, 0.05) is 50.8 Å². The van der Waals surface area contributed by atoms with E-state index in [0.29, 0.717) is 11.5 Å². The molecule has 3 heterocycles. The van der Waals surface area contributed by atoms with Crippen molar-refractivity contribution in [1.29, 1.82) is 0 Å². The first-order chi connectivity index (χ1) is 12.8. The third-order valence-electron chi connectivity index (χ3n) is 5.34. The van der Waals surface area contributed by atoms with Crippen molar-refractivity contribution < 1.29 is 4.79 Å². The Balaban J connectivity index is 1.49. The molecule has 4 rings (SSSR count). The van der Waals surface area contributed by atoms with Gasteiger partial charge in [0.2, 0.25) is 5.95 Å². The highest BCUT2D eigenvalue weighted by Gasteiger charge is 2.23. The van der Waals surface area contributed by atoms with Gasteiger partial charge in [-0.3, -0.25) is 4.79 Å². The fraction of sp³-hybridized carbons (Fsp3) is 0.450. The van der Waals surface area contributed by atoms with Gasteiger partial charge in [-0.1, -0.05) is 25.1 Å². The van der Waals surface area contributed by atoms with Crippen LogP contribution in [0, 0.1) is 0 Å². The molecule has 1 aromatic carbocycles. The van der Waals surface area contributed by atoms with Gasteiger partial charge in [0.1, 0.15) is 0 Å². The monoisotopic (exact) mass is 351 g/mol. The highest BCUT2D eigenvalue weighted by molar-refractivity contribution is 5.93. The van der Waals surface area contributed by atoms with E-state index in [9.17, 15) is 4.79 Å². The second-order valence-electron chi connectivity index (χ2n) is 6.88. The Kier molecular flexibility index (Phi) is 4.84. The molecule has 1 saturated heterocycles. The standard InChI is InChI=1S/C20H25N5O/c1-2-23-10-12-24(13-11-23)19(26)17-14-21-20(22-15-17)25-9-5-7-16-6-3-4-8-18(16)25/h3-4,6,8,14-15H,2,5,7,9-13H2,1H3. The van der Waals surface area contributed by atoms with Gasteiger partial charge in [-0.2, -0.15) is 0 Å².